The van der Waals surface area contributed by atoms with Gasteiger partial charge >= 0.3 is 0 Å². The number of benzene rings is 2. The van der Waals surface area contributed by atoms with Crippen LogP contribution in [-0.2, 0) is 21.9 Å². The van der Waals surface area contributed by atoms with Crippen molar-refractivity contribution in [2.45, 2.75) is 51.6 Å². The van der Waals surface area contributed by atoms with E-state index in [-0.39, 0.29) is 23.6 Å². The van der Waals surface area contributed by atoms with Gasteiger partial charge in [0.2, 0.25) is 11.8 Å². The zero-order valence-electron chi connectivity index (χ0n) is 18.6. The number of hydrogen-bond acceptors (Lipinski definition) is 4. The molecule has 2 amide bonds. The molecule has 0 unspecified atom stereocenters. The van der Waals surface area contributed by atoms with Crippen LogP contribution in [0.2, 0.25) is 5.02 Å². The average molecular weight is 463 g/mol. The monoisotopic (exact) mass is 462 g/mol. The van der Waals surface area contributed by atoms with Crippen molar-refractivity contribution in [3.8, 4) is 5.75 Å². The fourth-order valence-corrected chi connectivity index (χ4v) is 4.12. The Hall–Kier alpha value is -2.18. The standard InChI is InChI=1S/C24H31ClN2O3S/c1-5-17(2)26-24(29)18(3)27(14-19-10-12-21(30-4)13-11-19)23(28)16-31-15-20-8-6-7-9-22(20)25/h6-13,17-18H,5,14-16H2,1-4H3,(H,26,29)/t17-,18-/m1/s1. The molecule has 2 atom stereocenters. The molecule has 2 rings (SSSR count). The van der Waals surface area contributed by atoms with E-state index in [4.69, 9.17) is 16.3 Å². The lowest BCUT2D eigenvalue weighted by Gasteiger charge is -2.29. The quantitative estimate of drug-likeness (QED) is 0.515. The van der Waals surface area contributed by atoms with Crippen molar-refractivity contribution in [1.29, 1.82) is 0 Å². The molecule has 7 heteroatoms. The molecular formula is C24H31ClN2O3S. The first-order chi connectivity index (χ1) is 14.8. The Morgan fingerprint density at radius 2 is 1.81 bits per heavy atom. The molecule has 0 heterocycles. The van der Waals surface area contributed by atoms with E-state index in [9.17, 15) is 9.59 Å². The molecule has 5 nitrogen and oxygen atoms in total. The maximum atomic E-state index is 13.1. The zero-order valence-corrected chi connectivity index (χ0v) is 20.1. The number of ether oxygens (including phenoxy) is 1. The van der Waals surface area contributed by atoms with Crippen LogP contribution in [0.4, 0.5) is 0 Å². The van der Waals surface area contributed by atoms with Crippen molar-refractivity contribution in [2.24, 2.45) is 0 Å². The molecule has 0 spiro atoms. The second-order valence-corrected chi connectivity index (χ2v) is 8.84. The fraction of sp³-hybridized carbons (Fsp3) is 0.417. The molecule has 0 saturated carbocycles. The van der Waals surface area contributed by atoms with Crippen LogP contribution in [0, 0.1) is 0 Å². The molecule has 0 aliphatic heterocycles. The molecule has 168 valence electrons. The van der Waals surface area contributed by atoms with Gasteiger partial charge in [0.25, 0.3) is 0 Å². The largest absolute Gasteiger partial charge is 0.497 e. The zero-order chi connectivity index (χ0) is 22.8. The summed E-state index contributed by atoms with van der Waals surface area (Å²) in [5.74, 6) is 1.42. The summed E-state index contributed by atoms with van der Waals surface area (Å²) in [4.78, 5) is 27.5. The molecule has 0 saturated heterocycles. The van der Waals surface area contributed by atoms with Gasteiger partial charge in [0.15, 0.2) is 0 Å². The van der Waals surface area contributed by atoms with E-state index < -0.39 is 6.04 Å². The molecule has 0 bridgehead atoms. The van der Waals surface area contributed by atoms with Crippen molar-refractivity contribution in [1.82, 2.24) is 10.2 Å². The summed E-state index contributed by atoms with van der Waals surface area (Å²) in [5.41, 5.74) is 1.93. The van der Waals surface area contributed by atoms with E-state index in [1.54, 1.807) is 18.9 Å². The van der Waals surface area contributed by atoms with Gasteiger partial charge in [0.1, 0.15) is 11.8 Å². The highest BCUT2D eigenvalue weighted by atomic mass is 35.5. The Labute approximate surface area is 194 Å². The van der Waals surface area contributed by atoms with Crippen LogP contribution in [0.5, 0.6) is 5.75 Å². The minimum atomic E-state index is -0.579. The van der Waals surface area contributed by atoms with Gasteiger partial charge in [-0.15, -0.1) is 11.8 Å². The summed E-state index contributed by atoms with van der Waals surface area (Å²) in [6, 6.07) is 14.6. The Morgan fingerprint density at radius 1 is 1.13 bits per heavy atom. The Bertz CT molecular complexity index is 860. The van der Waals surface area contributed by atoms with Gasteiger partial charge in [0.05, 0.1) is 12.9 Å². The minimum Gasteiger partial charge on any atom is -0.497 e. The third-order valence-electron chi connectivity index (χ3n) is 5.12. The van der Waals surface area contributed by atoms with Crippen molar-refractivity contribution in [3.63, 3.8) is 0 Å². The number of carbonyl (C=O) groups is 2. The molecule has 1 N–H and O–H groups in total. The van der Waals surface area contributed by atoms with E-state index in [1.807, 2.05) is 62.4 Å². The summed E-state index contributed by atoms with van der Waals surface area (Å²) in [5, 5.41) is 3.67. The first-order valence-corrected chi connectivity index (χ1v) is 11.9. The lowest BCUT2D eigenvalue weighted by Crippen LogP contribution is -2.50. The van der Waals surface area contributed by atoms with E-state index in [0.717, 1.165) is 23.3 Å². The maximum Gasteiger partial charge on any atom is 0.242 e. The number of amides is 2. The molecule has 31 heavy (non-hydrogen) atoms. The van der Waals surface area contributed by atoms with Gasteiger partial charge in [-0.2, -0.15) is 0 Å². The maximum absolute atomic E-state index is 13.1. The summed E-state index contributed by atoms with van der Waals surface area (Å²) < 4.78 is 5.21. The number of hydrogen-bond donors (Lipinski definition) is 1. The topological polar surface area (TPSA) is 58.6 Å². The van der Waals surface area contributed by atoms with Crippen molar-refractivity contribution in [3.05, 3.63) is 64.7 Å². The van der Waals surface area contributed by atoms with Crippen LogP contribution in [0.1, 0.15) is 38.3 Å². The summed E-state index contributed by atoms with van der Waals surface area (Å²) in [7, 11) is 1.61. The summed E-state index contributed by atoms with van der Waals surface area (Å²) in [6.45, 7) is 6.10. The molecular weight excluding hydrogens is 432 g/mol. The number of thioether (sulfide) groups is 1. The average Bonchev–Trinajstić information content (AvgIpc) is 2.78. The minimum absolute atomic E-state index is 0.0579. The highest BCUT2D eigenvalue weighted by molar-refractivity contribution is 7.99. The Morgan fingerprint density at radius 3 is 2.42 bits per heavy atom. The van der Waals surface area contributed by atoms with Crippen LogP contribution >= 0.6 is 23.4 Å². The van der Waals surface area contributed by atoms with E-state index in [0.29, 0.717) is 17.3 Å². The Balaban J connectivity index is 2.09. The van der Waals surface area contributed by atoms with Crippen LogP contribution in [0.25, 0.3) is 0 Å². The number of halogens is 1. The van der Waals surface area contributed by atoms with Gasteiger partial charge in [-0.05, 0) is 49.6 Å². The second kappa shape index (κ2) is 12.6. The molecule has 0 radical (unpaired) electrons. The highest BCUT2D eigenvalue weighted by Gasteiger charge is 2.26. The Kier molecular flexibility index (Phi) is 10.2. The molecule has 0 fully saturated rings. The lowest BCUT2D eigenvalue weighted by atomic mass is 10.1. The van der Waals surface area contributed by atoms with E-state index in [2.05, 4.69) is 5.32 Å². The number of carbonyl (C=O) groups excluding carboxylic acids is 2. The normalized spacial score (nSPS) is 12.7. The van der Waals surface area contributed by atoms with Crippen LogP contribution in [0.3, 0.4) is 0 Å². The van der Waals surface area contributed by atoms with E-state index >= 15 is 0 Å². The van der Waals surface area contributed by atoms with Crippen LogP contribution < -0.4 is 10.1 Å². The molecule has 0 aromatic heterocycles. The predicted octanol–water partition coefficient (Wildman–Crippen LogP) is 4.91. The lowest BCUT2D eigenvalue weighted by molar-refractivity contribution is -0.138. The predicted molar refractivity (Wildman–Crippen MR) is 129 cm³/mol. The summed E-state index contributed by atoms with van der Waals surface area (Å²) >= 11 is 7.71. The number of nitrogens with one attached hydrogen (secondary N) is 1. The molecule has 2 aromatic carbocycles. The SMILES string of the molecule is CC[C@@H](C)NC(=O)[C@@H](C)N(Cc1ccc(OC)cc1)C(=O)CSCc1ccccc1Cl. The van der Waals surface area contributed by atoms with Crippen LogP contribution in [-0.4, -0.2) is 41.7 Å². The van der Waals surface area contributed by atoms with Gasteiger partial charge in [-0.25, -0.2) is 0 Å². The molecule has 0 aliphatic carbocycles. The summed E-state index contributed by atoms with van der Waals surface area (Å²) in [6.07, 6.45) is 0.832. The van der Waals surface area contributed by atoms with Crippen LogP contribution in [0.15, 0.2) is 48.5 Å². The van der Waals surface area contributed by atoms with Gasteiger partial charge in [-0.3, -0.25) is 9.59 Å². The first-order valence-electron chi connectivity index (χ1n) is 10.4. The third kappa shape index (κ3) is 7.78. The number of methoxy groups -OCH3 is 1. The van der Waals surface area contributed by atoms with Gasteiger partial charge < -0.3 is 15.0 Å². The molecule has 2 aromatic rings. The van der Waals surface area contributed by atoms with Gasteiger partial charge in [-0.1, -0.05) is 48.9 Å². The smallest absolute Gasteiger partial charge is 0.242 e. The fourth-order valence-electron chi connectivity index (χ4n) is 2.92. The van der Waals surface area contributed by atoms with Crippen molar-refractivity contribution < 1.29 is 14.3 Å². The highest BCUT2D eigenvalue weighted by Crippen LogP contribution is 2.22. The second-order valence-electron chi connectivity index (χ2n) is 7.45. The number of rotatable bonds is 11. The van der Waals surface area contributed by atoms with Crippen molar-refractivity contribution in [2.75, 3.05) is 12.9 Å². The molecule has 0 aliphatic rings. The first kappa shape index (κ1) is 25.1. The van der Waals surface area contributed by atoms with E-state index in [1.165, 1.54) is 11.8 Å². The van der Waals surface area contributed by atoms with Gasteiger partial charge in [0, 0.05) is 23.4 Å². The number of nitrogens with zero attached hydrogens (tertiary/aromatic N) is 1. The van der Waals surface area contributed by atoms with Crippen molar-refractivity contribution >= 4 is 35.2 Å². The third-order valence-corrected chi connectivity index (χ3v) is 6.46.